The second-order valence-electron chi connectivity index (χ2n) is 4.15. The summed E-state index contributed by atoms with van der Waals surface area (Å²) in [6.45, 7) is -1.23. The number of carbonyl (C=O) groups excluding carboxylic acids is 1. The minimum Gasteiger partial charge on any atom is -0.443 e. The van der Waals surface area contributed by atoms with E-state index in [1.807, 2.05) is 0 Å². The molecule has 0 unspecified atom stereocenters. The van der Waals surface area contributed by atoms with Gasteiger partial charge >= 0.3 is 18.2 Å². The van der Waals surface area contributed by atoms with Crippen molar-refractivity contribution >= 4 is 30.1 Å². The molecular weight excluding hydrogens is 344 g/mol. The molecule has 1 fully saturated rings. The molecule has 118 valence electrons. The molecule has 3 nitrogen and oxygen atoms in total. The van der Waals surface area contributed by atoms with Crippen molar-refractivity contribution in [3.05, 3.63) is 34.3 Å². The molecule has 1 N–H and O–H groups in total. The zero-order chi connectivity index (χ0) is 15.1. The Morgan fingerprint density at radius 3 is 2.52 bits per heavy atom. The van der Waals surface area contributed by atoms with Crippen LogP contribution >= 0.6 is 24.0 Å². The summed E-state index contributed by atoms with van der Waals surface area (Å²) in [4.78, 5) is 11.0. The molecule has 1 saturated heterocycles. The Balaban J connectivity index is 0.00000220. The molecule has 10 heteroatoms. The largest absolute Gasteiger partial charge is 0.443 e. The van der Waals surface area contributed by atoms with Crippen LogP contribution in [0.3, 0.4) is 0 Å². The number of benzene rings is 1. The number of rotatable bonds is 1. The van der Waals surface area contributed by atoms with Crippen molar-refractivity contribution < 1.29 is 31.5 Å². The van der Waals surface area contributed by atoms with Gasteiger partial charge in [0, 0.05) is 5.02 Å². The minimum absolute atomic E-state index is 0. The third-order valence-corrected chi connectivity index (χ3v) is 3.06. The van der Waals surface area contributed by atoms with Crippen molar-refractivity contribution in [2.24, 2.45) is 0 Å². The van der Waals surface area contributed by atoms with E-state index < -0.39 is 42.0 Å². The molecule has 21 heavy (non-hydrogen) atoms. The van der Waals surface area contributed by atoms with Gasteiger partial charge in [-0.3, -0.25) is 0 Å². The van der Waals surface area contributed by atoms with Gasteiger partial charge in [-0.2, -0.15) is 13.2 Å². The van der Waals surface area contributed by atoms with Gasteiger partial charge < -0.3 is 10.1 Å². The lowest BCUT2D eigenvalue weighted by Gasteiger charge is -2.32. The summed E-state index contributed by atoms with van der Waals surface area (Å²) in [5, 5.41) is 1.48. The molecule has 1 aromatic carbocycles. The number of carbonyl (C=O) groups is 1. The quantitative estimate of drug-likeness (QED) is 0.770. The summed E-state index contributed by atoms with van der Waals surface area (Å²) >= 11 is 5.66. The van der Waals surface area contributed by atoms with E-state index in [0.29, 0.717) is 12.1 Å². The fourth-order valence-corrected chi connectivity index (χ4v) is 1.98. The predicted molar refractivity (Wildman–Crippen MR) is 65.9 cm³/mol. The predicted octanol–water partition coefficient (Wildman–Crippen LogP) is 4.20. The lowest BCUT2D eigenvalue weighted by atomic mass is 9.98. The maximum atomic E-state index is 13.7. The third kappa shape index (κ3) is 3.68. The number of alkyl carbamates (subject to hydrolysis) is 1. The molecular formula is C11H8Cl2F5NO2. The van der Waals surface area contributed by atoms with Crippen LogP contribution in [0.15, 0.2) is 18.2 Å². The highest BCUT2D eigenvalue weighted by atomic mass is 35.5. The van der Waals surface area contributed by atoms with Crippen molar-refractivity contribution in [1.29, 1.82) is 0 Å². The maximum Gasteiger partial charge on any atom is 0.416 e. The summed E-state index contributed by atoms with van der Waals surface area (Å²) < 4.78 is 69.2. The molecule has 0 saturated carbocycles. The van der Waals surface area contributed by atoms with Gasteiger partial charge in [0.2, 0.25) is 0 Å². The average Bonchev–Trinajstić information content (AvgIpc) is 2.32. The first-order chi connectivity index (χ1) is 9.11. The molecule has 0 aromatic heterocycles. The van der Waals surface area contributed by atoms with Crippen LogP contribution in [0.1, 0.15) is 17.2 Å². The van der Waals surface area contributed by atoms with Crippen LogP contribution in [-0.4, -0.2) is 18.6 Å². The molecule has 2 rings (SSSR count). The van der Waals surface area contributed by atoms with E-state index in [0.717, 1.165) is 6.07 Å². The molecule has 0 radical (unpaired) electrons. The van der Waals surface area contributed by atoms with Crippen molar-refractivity contribution in [2.45, 2.75) is 18.1 Å². The van der Waals surface area contributed by atoms with Gasteiger partial charge in [-0.05, 0) is 23.8 Å². The van der Waals surface area contributed by atoms with Crippen LogP contribution < -0.4 is 5.32 Å². The van der Waals surface area contributed by atoms with E-state index >= 15 is 0 Å². The fraction of sp³-hybridized carbons (Fsp3) is 0.364. The Morgan fingerprint density at radius 2 is 1.95 bits per heavy atom. The second kappa shape index (κ2) is 5.84. The van der Waals surface area contributed by atoms with E-state index in [2.05, 4.69) is 4.74 Å². The Labute approximate surface area is 126 Å². The van der Waals surface area contributed by atoms with E-state index in [-0.39, 0.29) is 17.4 Å². The summed E-state index contributed by atoms with van der Waals surface area (Å²) in [5.41, 5.74) is -1.64. The molecule has 0 spiro atoms. The van der Waals surface area contributed by atoms with Gasteiger partial charge in [0.15, 0.2) is 6.61 Å². The molecule has 1 heterocycles. The topological polar surface area (TPSA) is 38.3 Å². The van der Waals surface area contributed by atoms with Gasteiger partial charge in [-0.25, -0.2) is 13.6 Å². The first-order valence-electron chi connectivity index (χ1n) is 5.29. The Bertz CT molecular complexity index is 550. The maximum absolute atomic E-state index is 13.7. The van der Waals surface area contributed by atoms with Gasteiger partial charge in [0.05, 0.1) is 5.56 Å². The van der Waals surface area contributed by atoms with Crippen LogP contribution in [-0.2, 0) is 10.9 Å². The van der Waals surface area contributed by atoms with Crippen LogP contribution in [0.2, 0.25) is 5.02 Å². The Morgan fingerprint density at radius 1 is 1.33 bits per heavy atom. The number of amides is 1. The number of hydrogen-bond acceptors (Lipinski definition) is 2. The average molecular weight is 352 g/mol. The number of alkyl halides is 5. The normalized spacial score (nSPS) is 21.0. The zero-order valence-electron chi connectivity index (χ0n) is 10.0. The second-order valence-corrected chi connectivity index (χ2v) is 4.56. The lowest BCUT2D eigenvalue weighted by Crippen LogP contribution is -2.49. The summed E-state index contributed by atoms with van der Waals surface area (Å²) in [5.74, 6) is -3.57. The van der Waals surface area contributed by atoms with Crippen LogP contribution in [0, 0.1) is 0 Å². The van der Waals surface area contributed by atoms with Crippen molar-refractivity contribution in [1.82, 2.24) is 5.32 Å². The van der Waals surface area contributed by atoms with Gasteiger partial charge in [0.1, 0.15) is 6.04 Å². The van der Waals surface area contributed by atoms with Crippen molar-refractivity contribution in [3.63, 3.8) is 0 Å². The molecule has 1 aromatic rings. The molecule has 1 atom stereocenters. The Kier molecular flexibility index (Phi) is 4.94. The van der Waals surface area contributed by atoms with Crippen molar-refractivity contribution in [3.8, 4) is 0 Å². The fourth-order valence-electron chi connectivity index (χ4n) is 1.76. The van der Waals surface area contributed by atoms with Crippen molar-refractivity contribution in [2.75, 3.05) is 6.61 Å². The number of ether oxygens (including phenoxy) is 1. The van der Waals surface area contributed by atoms with E-state index in [4.69, 9.17) is 11.6 Å². The standard InChI is InChI=1S/C11H7ClF5NO2.ClH/c12-7-2-1-5(11(15,16)17)3-6(7)8-10(13,14)4-20-9(19)18-8;/h1-3,8H,4H2,(H,18,19);1H/t8-;/m0./s1. The zero-order valence-corrected chi connectivity index (χ0v) is 11.6. The highest BCUT2D eigenvalue weighted by molar-refractivity contribution is 6.31. The van der Waals surface area contributed by atoms with Crippen LogP contribution in [0.5, 0.6) is 0 Å². The van der Waals surface area contributed by atoms with E-state index in [9.17, 15) is 26.7 Å². The summed E-state index contributed by atoms with van der Waals surface area (Å²) in [7, 11) is 0. The van der Waals surface area contributed by atoms with Gasteiger partial charge in [-0.1, -0.05) is 11.6 Å². The minimum atomic E-state index is -4.70. The van der Waals surface area contributed by atoms with Gasteiger partial charge in [-0.15, -0.1) is 12.4 Å². The first-order valence-corrected chi connectivity index (χ1v) is 5.67. The number of cyclic esters (lactones) is 1. The summed E-state index contributed by atoms with van der Waals surface area (Å²) in [6, 6.07) is 0.0493. The number of nitrogens with one attached hydrogen (secondary N) is 1. The lowest BCUT2D eigenvalue weighted by molar-refractivity contribution is -0.138. The third-order valence-electron chi connectivity index (χ3n) is 2.71. The number of halogens is 7. The molecule has 0 aliphatic carbocycles. The first kappa shape index (κ1) is 17.8. The van der Waals surface area contributed by atoms with Crippen LogP contribution in [0.4, 0.5) is 26.7 Å². The van der Waals surface area contributed by atoms with E-state index in [1.54, 1.807) is 5.32 Å². The van der Waals surface area contributed by atoms with Crippen LogP contribution in [0.25, 0.3) is 0 Å². The van der Waals surface area contributed by atoms with Gasteiger partial charge in [0.25, 0.3) is 0 Å². The smallest absolute Gasteiger partial charge is 0.416 e. The molecule has 1 aliphatic heterocycles. The highest BCUT2D eigenvalue weighted by Gasteiger charge is 2.48. The Hall–Kier alpha value is -1.28. The highest BCUT2D eigenvalue weighted by Crippen LogP contribution is 2.40. The molecule has 1 amide bonds. The molecule has 1 aliphatic rings. The molecule has 0 bridgehead atoms. The monoisotopic (exact) mass is 351 g/mol. The SMILES string of the molecule is Cl.O=C1N[C@@H](c2cc(C(F)(F)F)ccc2Cl)C(F)(F)CO1. The van der Waals surface area contributed by atoms with E-state index in [1.165, 1.54) is 0 Å². The number of hydrogen-bond donors (Lipinski definition) is 1. The summed E-state index contributed by atoms with van der Waals surface area (Å²) in [6.07, 6.45) is -5.85.